The minimum atomic E-state index is -0.417. The van der Waals surface area contributed by atoms with Crippen molar-refractivity contribution in [3.63, 3.8) is 0 Å². The molecule has 0 unspecified atom stereocenters. The van der Waals surface area contributed by atoms with Gasteiger partial charge in [-0.05, 0) is 41.5 Å². The number of aryl methyl sites for hydroxylation is 1. The Kier molecular flexibility index (Phi) is 5.69. The van der Waals surface area contributed by atoms with Crippen LogP contribution in [0.5, 0.6) is 5.75 Å². The van der Waals surface area contributed by atoms with Crippen LogP contribution in [0.1, 0.15) is 61.8 Å². The lowest BCUT2D eigenvalue weighted by molar-refractivity contribution is -0.383. The summed E-state index contributed by atoms with van der Waals surface area (Å²) >= 11 is 0. The molecule has 0 aliphatic carbocycles. The molecule has 0 aliphatic rings. The van der Waals surface area contributed by atoms with Crippen LogP contribution in [0.3, 0.4) is 0 Å². The van der Waals surface area contributed by atoms with Crippen LogP contribution in [-0.4, -0.2) is 16.2 Å². The number of para-hydroxylation sites is 1. The highest BCUT2D eigenvalue weighted by atomic mass is 16.6. The summed E-state index contributed by atoms with van der Waals surface area (Å²) in [4.78, 5) is 15.9. The zero-order valence-corrected chi connectivity index (χ0v) is 17.4. The molecular weight excluding hydrogens is 364 g/mol. The SMILES string of the molecule is Cc1cccc2c([N+](=O)[O-])cc(C=Nc3c(C(C)C)cccc3C(C)C)c(O)c12. The number of aromatic hydroxyl groups is 1. The van der Waals surface area contributed by atoms with Gasteiger partial charge in [-0.25, -0.2) is 0 Å². The summed E-state index contributed by atoms with van der Waals surface area (Å²) in [5.74, 6) is 0.575. The minimum absolute atomic E-state index is 0.0144. The molecule has 0 bridgehead atoms. The summed E-state index contributed by atoms with van der Waals surface area (Å²) in [6, 6.07) is 12.8. The van der Waals surface area contributed by atoms with E-state index < -0.39 is 4.92 Å². The van der Waals surface area contributed by atoms with E-state index in [1.165, 1.54) is 6.07 Å². The van der Waals surface area contributed by atoms with Gasteiger partial charge in [0.2, 0.25) is 0 Å². The highest BCUT2D eigenvalue weighted by Gasteiger charge is 2.19. The molecule has 5 nitrogen and oxygen atoms in total. The van der Waals surface area contributed by atoms with Crippen molar-refractivity contribution >= 4 is 28.4 Å². The molecule has 5 heteroatoms. The van der Waals surface area contributed by atoms with Gasteiger partial charge in [0.1, 0.15) is 5.75 Å². The van der Waals surface area contributed by atoms with Crippen LogP contribution in [0.15, 0.2) is 47.5 Å². The molecule has 0 atom stereocenters. The fourth-order valence-electron chi connectivity index (χ4n) is 3.68. The van der Waals surface area contributed by atoms with Crippen LogP contribution in [0, 0.1) is 17.0 Å². The predicted octanol–water partition coefficient (Wildman–Crippen LogP) is 6.76. The lowest BCUT2D eigenvalue weighted by atomic mass is 9.93. The quantitative estimate of drug-likeness (QED) is 0.297. The number of hydrogen-bond donors (Lipinski definition) is 1. The van der Waals surface area contributed by atoms with E-state index in [9.17, 15) is 15.2 Å². The Labute approximate surface area is 170 Å². The first-order valence-electron chi connectivity index (χ1n) is 9.78. The first-order valence-corrected chi connectivity index (χ1v) is 9.78. The first kappa shape index (κ1) is 20.5. The number of nitrogens with zero attached hydrogens (tertiary/aromatic N) is 2. The number of nitro groups is 1. The van der Waals surface area contributed by atoms with Crippen LogP contribution >= 0.6 is 0 Å². The number of hydrogen-bond acceptors (Lipinski definition) is 4. The Morgan fingerprint density at radius 3 is 2.17 bits per heavy atom. The summed E-state index contributed by atoms with van der Waals surface area (Å²) in [5.41, 5.74) is 4.17. The zero-order valence-electron chi connectivity index (χ0n) is 17.4. The van der Waals surface area contributed by atoms with Crippen molar-refractivity contribution in [2.24, 2.45) is 4.99 Å². The molecule has 0 heterocycles. The summed E-state index contributed by atoms with van der Waals surface area (Å²) in [7, 11) is 0. The normalized spacial score (nSPS) is 11.8. The molecule has 0 spiro atoms. The molecule has 1 N–H and O–H groups in total. The maximum absolute atomic E-state index is 11.6. The van der Waals surface area contributed by atoms with Gasteiger partial charge in [-0.3, -0.25) is 15.1 Å². The topological polar surface area (TPSA) is 75.7 Å². The standard InChI is InChI=1S/C24H26N2O3/c1-14(2)18-9-7-10-19(15(3)4)23(18)25-13-17-12-21(26(28)29)20-11-6-8-16(5)22(20)24(17)27/h6-15,27H,1-5H3. The van der Waals surface area contributed by atoms with E-state index in [4.69, 9.17) is 4.99 Å². The lowest BCUT2D eigenvalue weighted by Gasteiger charge is -2.16. The van der Waals surface area contributed by atoms with Crippen LogP contribution in [0.2, 0.25) is 0 Å². The number of nitro benzene ring substituents is 1. The van der Waals surface area contributed by atoms with Crippen LogP contribution < -0.4 is 0 Å². The minimum Gasteiger partial charge on any atom is -0.507 e. The number of phenols is 1. The van der Waals surface area contributed by atoms with E-state index in [1.54, 1.807) is 18.3 Å². The zero-order chi connectivity index (χ0) is 21.3. The average Bonchev–Trinajstić information content (AvgIpc) is 2.66. The maximum atomic E-state index is 11.6. The number of rotatable bonds is 5. The molecule has 0 aromatic heterocycles. The molecule has 0 saturated heterocycles. The fraction of sp³-hybridized carbons (Fsp3) is 0.292. The lowest BCUT2D eigenvalue weighted by Crippen LogP contribution is -1.97. The number of benzene rings is 3. The van der Waals surface area contributed by atoms with E-state index >= 15 is 0 Å². The summed E-state index contributed by atoms with van der Waals surface area (Å²) in [6.07, 6.45) is 1.54. The van der Waals surface area contributed by atoms with Crippen molar-refractivity contribution in [2.75, 3.05) is 0 Å². The molecule has 3 aromatic carbocycles. The Bertz CT molecular complexity index is 1090. The molecule has 0 aliphatic heterocycles. The summed E-state index contributed by atoms with van der Waals surface area (Å²) in [6.45, 7) is 10.3. The van der Waals surface area contributed by atoms with Crippen molar-refractivity contribution in [3.8, 4) is 5.75 Å². The molecular formula is C24H26N2O3. The predicted molar refractivity (Wildman–Crippen MR) is 119 cm³/mol. The van der Waals surface area contributed by atoms with Crippen LogP contribution in [0.4, 0.5) is 11.4 Å². The number of non-ortho nitro benzene ring substituents is 1. The Morgan fingerprint density at radius 1 is 1.03 bits per heavy atom. The van der Waals surface area contributed by atoms with E-state index in [2.05, 4.69) is 39.8 Å². The van der Waals surface area contributed by atoms with Crippen molar-refractivity contribution in [1.82, 2.24) is 0 Å². The smallest absolute Gasteiger partial charge is 0.278 e. The van der Waals surface area contributed by atoms with Crippen molar-refractivity contribution in [2.45, 2.75) is 46.5 Å². The number of fused-ring (bicyclic) bond motifs is 1. The van der Waals surface area contributed by atoms with Gasteiger partial charge in [0.15, 0.2) is 0 Å². The number of phenolic OH excluding ortho intramolecular Hbond substituents is 1. The molecule has 0 saturated carbocycles. The Hall–Kier alpha value is -3.21. The second kappa shape index (κ2) is 8.03. The van der Waals surface area contributed by atoms with Gasteiger partial charge in [-0.1, -0.05) is 58.0 Å². The summed E-state index contributed by atoms with van der Waals surface area (Å²) in [5, 5.41) is 23.4. The van der Waals surface area contributed by atoms with E-state index in [1.807, 2.05) is 19.1 Å². The van der Waals surface area contributed by atoms with Gasteiger partial charge in [0.05, 0.1) is 16.0 Å². The highest BCUT2D eigenvalue weighted by molar-refractivity contribution is 6.04. The van der Waals surface area contributed by atoms with E-state index in [0.29, 0.717) is 16.3 Å². The second-order valence-corrected chi connectivity index (χ2v) is 7.94. The second-order valence-electron chi connectivity index (χ2n) is 7.94. The van der Waals surface area contributed by atoms with Gasteiger partial charge >= 0.3 is 0 Å². The Morgan fingerprint density at radius 2 is 1.62 bits per heavy atom. The summed E-state index contributed by atoms with van der Waals surface area (Å²) < 4.78 is 0. The van der Waals surface area contributed by atoms with Crippen molar-refractivity contribution in [3.05, 3.63) is 74.8 Å². The molecule has 0 amide bonds. The first-order chi connectivity index (χ1) is 13.7. The average molecular weight is 390 g/mol. The molecule has 29 heavy (non-hydrogen) atoms. The van der Waals surface area contributed by atoms with Gasteiger partial charge in [0.25, 0.3) is 5.69 Å². The third-order valence-electron chi connectivity index (χ3n) is 5.22. The Balaban J connectivity index is 2.24. The molecule has 3 aromatic rings. The van der Waals surface area contributed by atoms with E-state index in [0.717, 1.165) is 22.4 Å². The van der Waals surface area contributed by atoms with Gasteiger partial charge in [-0.15, -0.1) is 0 Å². The molecule has 3 rings (SSSR count). The maximum Gasteiger partial charge on any atom is 0.278 e. The fourth-order valence-corrected chi connectivity index (χ4v) is 3.68. The monoisotopic (exact) mass is 390 g/mol. The van der Waals surface area contributed by atoms with Crippen molar-refractivity contribution < 1.29 is 10.0 Å². The third-order valence-corrected chi connectivity index (χ3v) is 5.22. The molecule has 0 radical (unpaired) electrons. The molecule has 150 valence electrons. The molecule has 0 fully saturated rings. The van der Waals surface area contributed by atoms with E-state index in [-0.39, 0.29) is 23.3 Å². The van der Waals surface area contributed by atoms with Crippen molar-refractivity contribution in [1.29, 1.82) is 0 Å². The van der Waals surface area contributed by atoms with Crippen LogP contribution in [-0.2, 0) is 0 Å². The van der Waals surface area contributed by atoms with Gasteiger partial charge in [0, 0.05) is 23.2 Å². The van der Waals surface area contributed by atoms with Gasteiger partial charge < -0.3 is 5.11 Å². The number of aliphatic imine (C=N–C) groups is 1. The van der Waals surface area contributed by atoms with Gasteiger partial charge in [-0.2, -0.15) is 0 Å². The van der Waals surface area contributed by atoms with Crippen LogP contribution in [0.25, 0.3) is 10.8 Å². The largest absolute Gasteiger partial charge is 0.507 e. The highest BCUT2D eigenvalue weighted by Crippen LogP contribution is 2.38. The third kappa shape index (κ3) is 3.86.